The molecule has 0 saturated carbocycles. The SMILES string of the molecule is O=C1N/C(=N\N=C/c2ccccc2O)S[C@@H]1Cc1ccc(SC(F)F)cc1. The van der Waals surface area contributed by atoms with Crippen LogP contribution in [0.15, 0.2) is 63.6 Å². The van der Waals surface area contributed by atoms with E-state index in [4.69, 9.17) is 0 Å². The van der Waals surface area contributed by atoms with Gasteiger partial charge in [0.25, 0.3) is 5.76 Å². The summed E-state index contributed by atoms with van der Waals surface area (Å²) in [5, 5.41) is 20.2. The van der Waals surface area contributed by atoms with Crippen molar-refractivity contribution in [3.8, 4) is 5.75 Å². The topological polar surface area (TPSA) is 74.0 Å². The maximum absolute atomic E-state index is 12.3. The number of amides is 1. The summed E-state index contributed by atoms with van der Waals surface area (Å²) >= 11 is 1.74. The van der Waals surface area contributed by atoms with E-state index in [-0.39, 0.29) is 16.9 Å². The third kappa shape index (κ3) is 5.54. The molecule has 1 fully saturated rings. The van der Waals surface area contributed by atoms with Gasteiger partial charge in [-0.15, -0.1) is 5.10 Å². The normalized spacial score (nSPS) is 18.6. The van der Waals surface area contributed by atoms with Crippen LogP contribution in [0.3, 0.4) is 0 Å². The molecule has 9 heteroatoms. The van der Waals surface area contributed by atoms with Gasteiger partial charge < -0.3 is 10.4 Å². The molecule has 27 heavy (non-hydrogen) atoms. The summed E-state index contributed by atoms with van der Waals surface area (Å²) < 4.78 is 24.7. The fraction of sp³-hybridized carbons (Fsp3) is 0.167. The minimum atomic E-state index is -2.45. The molecule has 0 radical (unpaired) electrons. The molecular weight excluding hydrogens is 392 g/mol. The van der Waals surface area contributed by atoms with Crippen LogP contribution in [-0.2, 0) is 11.2 Å². The zero-order valence-corrected chi connectivity index (χ0v) is 15.5. The number of alkyl halides is 2. The molecule has 1 aliphatic heterocycles. The molecule has 5 nitrogen and oxygen atoms in total. The quantitative estimate of drug-likeness (QED) is 0.433. The van der Waals surface area contributed by atoms with Crippen molar-refractivity contribution in [2.75, 3.05) is 0 Å². The Balaban J connectivity index is 1.59. The van der Waals surface area contributed by atoms with Gasteiger partial charge in [0.05, 0.1) is 11.5 Å². The fourth-order valence-electron chi connectivity index (χ4n) is 2.35. The Morgan fingerprint density at radius 1 is 1.22 bits per heavy atom. The number of nitrogens with one attached hydrogen (secondary N) is 1. The van der Waals surface area contributed by atoms with Gasteiger partial charge in [-0.25, -0.2) is 0 Å². The van der Waals surface area contributed by atoms with E-state index >= 15 is 0 Å². The van der Waals surface area contributed by atoms with Crippen LogP contribution in [0, 0.1) is 0 Å². The summed E-state index contributed by atoms with van der Waals surface area (Å²) in [5.41, 5.74) is 1.40. The van der Waals surface area contributed by atoms with Crippen molar-refractivity contribution in [3.63, 3.8) is 0 Å². The number of rotatable bonds is 6. The smallest absolute Gasteiger partial charge is 0.288 e. The Labute approximate surface area is 163 Å². The van der Waals surface area contributed by atoms with Gasteiger partial charge in [0, 0.05) is 10.5 Å². The van der Waals surface area contributed by atoms with Gasteiger partial charge >= 0.3 is 0 Å². The summed E-state index contributed by atoms with van der Waals surface area (Å²) in [6, 6.07) is 13.4. The van der Waals surface area contributed by atoms with Gasteiger partial charge in [-0.05, 0) is 36.2 Å². The number of carbonyl (C=O) groups excluding carboxylic acids is 1. The summed E-state index contributed by atoms with van der Waals surface area (Å²) in [5.74, 6) is -2.54. The number of thioether (sulfide) groups is 2. The summed E-state index contributed by atoms with van der Waals surface area (Å²) in [7, 11) is 0. The molecule has 2 N–H and O–H groups in total. The van der Waals surface area contributed by atoms with Crippen molar-refractivity contribution >= 4 is 40.8 Å². The van der Waals surface area contributed by atoms with E-state index in [1.54, 1.807) is 48.5 Å². The Bertz CT molecular complexity index is 873. The molecule has 2 aromatic rings. The lowest BCUT2D eigenvalue weighted by Crippen LogP contribution is -2.25. The molecule has 0 aliphatic carbocycles. The largest absolute Gasteiger partial charge is 0.507 e. The van der Waals surface area contributed by atoms with Crippen LogP contribution in [-0.4, -0.2) is 33.4 Å². The molecule has 1 heterocycles. The molecule has 2 aromatic carbocycles. The van der Waals surface area contributed by atoms with Gasteiger partial charge in [-0.3, -0.25) is 4.79 Å². The number of para-hydroxylation sites is 1. The highest BCUT2D eigenvalue weighted by molar-refractivity contribution is 8.15. The average Bonchev–Trinajstić information content (AvgIpc) is 2.97. The number of aromatic hydroxyl groups is 1. The van der Waals surface area contributed by atoms with Crippen LogP contribution >= 0.6 is 23.5 Å². The third-order valence-electron chi connectivity index (χ3n) is 3.63. The summed E-state index contributed by atoms with van der Waals surface area (Å²) in [4.78, 5) is 12.6. The number of nitrogens with zero attached hydrogens (tertiary/aromatic N) is 2. The van der Waals surface area contributed by atoms with Crippen molar-refractivity contribution in [1.82, 2.24) is 5.32 Å². The number of hydrogen-bond donors (Lipinski definition) is 2. The van der Waals surface area contributed by atoms with Crippen LogP contribution < -0.4 is 5.32 Å². The number of hydrogen-bond acceptors (Lipinski definition) is 6. The van der Waals surface area contributed by atoms with E-state index in [0.29, 0.717) is 33.8 Å². The highest BCUT2D eigenvalue weighted by Gasteiger charge is 2.30. The number of benzene rings is 2. The summed E-state index contributed by atoms with van der Waals surface area (Å²) in [6.07, 6.45) is 1.86. The van der Waals surface area contributed by atoms with E-state index in [1.165, 1.54) is 18.0 Å². The fourth-order valence-corrected chi connectivity index (χ4v) is 3.81. The molecule has 1 atom stereocenters. The second kappa shape index (κ2) is 9.01. The molecule has 3 rings (SSSR count). The Morgan fingerprint density at radius 3 is 2.67 bits per heavy atom. The minimum Gasteiger partial charge on any atom is -0.507 e. The molecule has 0 bridgehead atoms. The third-order valence-corrected chi connectivity index (χ3v) is 5.42. The van der Waals surface area contributed by atoms with Crippen LogP contribution in [0.5, 0.6) is 5.75 Å². The van der Waals surface area contributed by atoms with Crippen molar-refractivity contribution in [2.24, 2.45) is 10.2 Å². The van der Waals surface area contributed by atoms with Crippen molar-refractivity contribution in [2.45, 2.75) is 22.3 Å². The van der Waals surface area contributed by atoms with Gasteiger partial charge in [-0.1, -0.05) is 47.8 Å². The lowest BCUT2D eigenvalue weighted by atomic mass is 10.1. The Kier molecular flexibility index (Phi) is 6.46. The molecule has 140 valence electrons. The first kappa shape index (κ1) is 19.4. The number of halogens is 2. The van der Waals surface area contributed by atoms with Gasteiger partial charge in [0.1, 0.15) is 5.75 Å². The number of phenols is 1. The number of carbonyl (C=O) groups is 1. The predicted molar refractivity (Wildman–Crippen MR) is 105 cm³/mol. The first-order valence-corrected chi connectivity index (χ1v) is 9.67. The second-order valence-electron chi connectivity index (χ2n) is 5.53. The van der Waals surface area contributed by atoms with Crippen LogP contribution in [0.1, 0.15) is 11.1 Å². The highest BCUT2D eigenvalue weighted by Crippen LogP contribution is 2.27. The van der Waals surface area contributed by atoms with E-state index in [0.717, 1.165) is 5.56 Å². The Hall–Kier alpha value is -2.39. The lowest BCUT2D eigenvalue weighted by Gasteiger charge is -2.06. The Morgan fingerprint density at radius 2 is 1.96 bits per heavy atom. The number of phenolic OH excluding ortho intramolecular Hbond substituents is 1. The maximum Gasteiger partial charge on any atom is 0.288 e. The maximum atomic E-state index is 12.3. The molecule has 0 aromatic heterocycles. The summed E-state index contributed by atoms with van der Waals surface area (Å²) in [6.45, 7) is 0. The van der Waals surface area contributed by atoms with Crippen molar-refractivity contribution in [1.29, 1.82) is 0 Å². The van der Waals surface area contributed by atoms with E-state index in [1.807, 2.05) is 0 Å². The van der Waals surface area contributed by atoms with Gasteiger partial charge in [0.2, 0.25) is 5.91 Å². The average molecular weight is 407 g/mol. The monoisotopic (exact) mass is 407 g/mol. The lowest BCUT2D eigenvalue weighted by molar-refractivity contribution is -0.118. The molecule has 0 unspecified atom stereocenters. The standard InChI is InChI=1S/C18H15F2N3O2S2/c19-17(20)26-13-7-5-11(6-8-13)9-15-16(25)22-18(27-15)23-21-10-12-3-1-2-4-14(12)24/h1-8,10,15,17,24H,9H2,(H,22,23,25)/b21-10-/t15-/m1/s1. The molecule has 1 saturated heterocycles. The molecule has 1 aliphatic rings. The molecule has 0 spiro atoms. The van der Waals surface area contributed by atoms with E-state index in [9.17, 15) is 18.7 Å². The first-order valence-electron chi connectivity index (χ1n) is 7.91. The highest BCUT2D eigenvalue weighted by atomic mass is 32.2. The predicted octanol–water partition coefficient (Wildman–Crippen LogP) is 3.87. The first-order chi connectivity index (χ1) is 13.0. The molecule has 1 amide bonds. The van der Waals surface area contributed by atoms with Crippen LogP contribution in [0.25, 0.3) is 0 Å². The van der Waals surface area contributed by atoms with E-state index < -0.39 is 5.76 Å². The van der Waals surface area contributed by atoms with Crippen molar-refractivity contribution in [3.05, 3.63) is 59.7 Å². The van der Waals surface area contributed by atoms with Gasteiger partial charge in [0.15, 0.2) is 5.17 Å². The molecular formula is C18H15F2N3O2S2. The van der Waals surface area contributed by atoms with Crippen LogP contribution in [0.4, 0.5) is 8.78 Å². The van der Waals surface area contributed by atoms with Crippen LogP contribution in [0.2, 0.25) is 0 Å². The van der Waals surface area contributed by atoms with Gasteiger partial charge in [-0.2, -0.15) is 13.9 Å². The zero-order chi connectivity index (χ0) is 19.2. The number of amidine groups is 1. The van der Waals surface area contributed by atoms with E-state index in [2.05, 4.69) is 15.5 Å². The second-order valence-corrected chi connectivity index (χ2v) is 7.79. The minimum absolute atomic E-state index is 0.0934. The van der Waals surface area contributed by atoms with Crippen molar-refractivity contribution < 1.29 is 18.7 Å². The zero-order valence-electron chi connectivity index (χ0n) is 13.9.